The smallest absolute Gasteiger partial charge is 0.312 e. The molecule has 0 aromatic rings. The zero-order valence-corrected chi connectivity index (χ0v) is 6.90. The van der Waals surface area contributed by atoms with Crippen LogP contribution in [0.15, 0.2) is 11.6 Å². The van der Waals surface area contributed by atoms with E-state index in [2.05, 4.69) is 10.6 Å². The fourth-order valence-electron chi connectivity index (χ4n) is 0.504. The highest BCUT2D eigenvalue weighted by molar-refractivity contribution is 6.25. The van der Waals surface area contributed by atoms with Crippen LogP contribution in [-0.2, 0) is 0 Å². The van der Waals surface area contributed by atoms with Crippen molar-refractivity contribution in [2.75, 3.05) is 19.6 Å². The first kappa shape index (κ1) is 10.3. The molecule has 0 saturated carbocycles. The van der Waals surface area contributed by atoms with Crippen LogP contribution in [0.1, 0.15) is 0 Å². The summed E-state index contributed by atoms with van der Waals surface area (Å²) in [7, 11) is 0. The number of hydrogen-bond acceptors (Lipinski definition) is 2. The highest BCUT2D eigenvalue weighted by atomic mass is 35.5. The first-order valence-corrected chi connectivity index (χ1v) is 3.70. The van der Waals surface area contributed by atoms with E-state index in [1.54, 1.807) is 6.08 Å². The highest BCUT2D eigenvalue weighted by Crippen LogP contribution is 1.74. The van der Waals surface area contributed by atoms with Crippen LogP contribution in [0.5, 0.6) is 0 Å². The van der Waals surface area contributed by atoms with Crippen molar-refractivity contribution in [2.45, 2.75) is 0 Å². The van der Waals surface area contributed by atoms with E-state index in [0.29, 0.717) is 19.6 Å². The molecule has 0 saturated heterocycles. The predicted octanol–water partition coefficient (Wildman–Crippen LogP) is -0.00320. The van der Waals surface area contributed by atoms with Crippen LogP contribution in [0.4, 0.5) is 4.79 Å². The highest BCUT2D eigenvalue weighted by Gasteiger charge is 1.87. The molecule has 0 aromatic carbocycles. The van der Waals surface area contributed by atoms with E-state index in [9.17, 15) is 4.79 Å². The van der Waals surface area contributed by atoms with Gasteiger partial charge in [0.1, 0.15) is 0 Å². The van der Waals surface area contributed by atoms with E-state index in [0.717, 1.165) is 0 Å². The van der Waals surface area contributed by atoms with Crippen molar-refractivity contribution < 1.29 is 4.79 Å². The maximum Gasteiger partial charge on any atom is 0.312 e. The minimum absolute atomic E-state index is 0.500. The van der Waals surface area contributed by atoms with Crippen LogP contribution in [0.3, 0.4) is 0 Å². The average molecular weight is 178 g/mol. The van der Waals surface area contributed by atoms with Gasteiger partial charge in [0.05, 0.1) is 0 Å². The first-order chi connectivity index (χ1) is 5.27. The van der Waals surface area contributed by atoms with Crippen molar-refractivity contribution in [3.8, 4) is 0 Å². The van der Waals surface area contributed by atoms with Gasteiger partial charge in [-0.25, -0.2) is 4.79 Å². The SMILES string of the molecule is NC(=O)NCCNC/C=C/Cl. The molecule has 0 aliphatic carbocycles. The van der Waals surface area contributed by atoms with Gasteiger partial charge in [-0.05, 0) is 0 Å². The van der Waals surface area contributed by atoms with Crippen molar-refractivity contribution in [1.29, 1.82) is 0 Å². The van der Waals surface area contributed by atoms with Crippen molar-refractivity contribution in [1.82, 2.24) is 10.6 Å². The molecule has 0 atom stereocenters. The summed E-state index contributed by atoms with van der Waals surface area (Å²) < 4.78 is 0. The van der Waals surface area contributed by atoms with Gasteiger partial charge in [-0.15, -0.1) is 0 Å². The summed E-state index contributed by atoms with van der Waals surface area (Å²) in [4.78, 5) is 10.1. The predicted molar refractivity (Wildman–Crippen MR) is 45.4 cm³/mol. The molecule has 11 heavy (non-hydrogen) atoms. The first-order valence-electron chi connectivity index (χ1n) is 3.26. The van der Waals surface area contributed by atoms with Crippen molar-refractivity contribution >= 4 is 17.6 Å². The van der Waals surface area contributed by atoms with Gasteiger partial charge < -0.3 is 16.4 Å². The Morgan fingerprint density at radius 2 is 2.27 bits per heavy atom. The Kier molecular flexibility index (Phi) is 6.87. The molecule has 2 amide bonds. The third-order valence-corrected chi connectivity index (χ3v) is 1.13. The van der Waals surface area contributed by atoms with Gasteiger partial charge in [-0.1, -0.05) is 17.7 Å². The minimum atomic E-state index is -0.500. The lowest BCUT2D eigenvalue weighted by Crippen LogP contribution is -2.35. The molecule has 4 nitrogen and oxygen atoms in total. The average Bonchev–Trinajstić information content (AvgIpc) is 1.96. The Morgan fingerprint density at radius 1 is 1.55 bits per heavy atom. The number of hydrogen-bond donors (Lipinski definition) is 3. The van der Waals surface area contributed by atoms with E-state index in [1.165, 1.54) is 5.54 Å². The Bertz CT molecular complexity index is 138. The van der Waals surface area contributed by atoms with Crippen LogP contribution in [0.2, 0.25) is 0 Å². The molecular weight excluding hydrogens is 166 g/mol. The second-order valence-corrected chi connectivity index (χ2v) is 2.11. The van der Waals surface area contributed by atoms with E-state index in [-0.39, 0.29) is 0 Å². The van der Waals surface area contributed by atoms with Crippen LogP contribution in [0.25, 0.3) is 0 Å². The fourth-order valence-corrected chi connectivity index (χ4v) is 0.593. The quantitative estimate of drug-likeness (QED) is 0.518. The molecule has 0 aliphatic rings. The molecule has 0 rings (SSSR count). The van der Waals surface area contributed by atoms with Gasteiger partial charge >= 0.3 is 6.03 Å². The number of urea groups is 1. The largest absolute Gasteiger partial charge is 0.352 e. The summed E-state index contributed by atoms with van der Waals surface area (Å²) in [6, 6.07) is -0.500. The lowest BCUT2D eigenvalue weighted by Gasteiger charge is -2.00. The van der Waals surface area contributed by atoms with E-state index in [4.69, 9.17) is 17.3 Å². The summed E-state index contributed by atoms with van der Waals surface area (Å²) in [6.07, 6.45) is 1.77. The van der Waals surface area contributed by atoms with Gasteiger partial charge in [-0.3, -0.25) is 0 Å². The monoisotopic (exact) mass is 177 g/mol. The van der Waals surface area contributed by atoms with Gasteiger partial charge in [0.25, 0.3) is 0 Å². The van der Waals surface area contributed by atoms with E-state index >= 15 is 0 Å². The lowest BCUT2D eigenvalue weighted by molar-refractivity contribution is 0.249. The standard InChI is InChI=1S/C6H12ClN3O/c7-2-1-3-9-4-5-10-6(8)11/h1-2,9H,3-5H2,(H3,8,10,11)/b2-1+. The Labute approximate surface area is 70.8 Å². The zero-order chi connectivity index (χ0) is 8.53. The fraction of sp³-hybridized carbons (Fsp3) is 0.500. The van der Waals surface area contributed by atoms with Crippen LogP contribution in [-0.4, -0.2) is 25.7 Å². The number of rotatable bonds is 5. The number of carbonyl (C=O) groups excluding carboxylic acids is 1. The minimum Gasteiger partial charge on any atom is -0.352 e. The molecule has 0 fully saturated rings. The van der Waals surface area contributed by atoms with Crippen molar-refractivity contribution in [3.05, 3.63) is 11.6 Å². The molecule has 0 aliphatic heterocycles. The van der Waals surface area contributed by atoms with Crippen LogP contribution in [0, 0.1) is 0 Å². The van der Waals surface area contributed by atoms with Crippen LogP contribution < -0.4 is 16.4 Å². The molecule has 0 aromatic heterocycles. The number of carbonyl (C=O) groups is 1. The van der Waals surface area contributed by atoms with Gasteiger partial charge in [0.15, 0.2) is 0 Å². The lowest BCUT2D eigenvalue weighted by atomic mass is 10.5. The van der Waals surface area contributed by atoms with Gasteiger partial charge in [0, 0.05) is 25.2 Å². The van der Waals surface area contributed by atoms with Crippen molar-refractivity contribution in [3.63, 3.8) is 0 Å². The summed E-state index contributed by atoms with van der Waals surface area (Å²) in [5.41, 5.74) is 6.26. The van der Waals surface area contributed by atoms with Crippen molar-refractivity contribution in [2.24, 2.45) is 5.73 Å². The molecule has 5 heteroatoms. The number of nitrogens with one attached hydrogen (secondary N) is 2. The molecule has 0 radical (unpaired) electrons. The maximum atomic E-state index is 10.1. The molecule has 0 bridgehead atoms. The number of halogens is 1. The maximum absolute atomic E-state index is 10.1. The second kappa shape index (κ2) is 7.37. The zero-order valence-electron chi connectivity index (χ0n) is 6.14. The topological polar surface area (TPSA) is 67.2 Å². The molecule has 0 spiro atoms. The molecule has 0 heterocycles. The van der Waals surface area contributed by atoms with Crippen LogP contribution >= 0.6 is 11.6 Å². The normalized spacial score (nSPS) is 10.3. The number of nitrogens with two attached hydrogens (primary N) is 1. The summed E-state index contributed by atoms with van der Waals surface area (Å²) >= 11 is 5.25. The molecule has 4 N–H and O–H groups in total. The second-order valence-electron chi connectivity index (χ2n) is 1.86. The molecule has 64 valence electrons. The van der Waals surface area contributed by atoms with Gasteiger partial charge in [0.2, 0.25) is 0 Å². The number of primary amides is 1. The van der Waals surface area contributed by atoms with Gasteiger partial charge in [-0.2, -0.15) is 0 Å². The van der Waals surface area contributed by atoms with E-state index in [1.807, 2.05) is 0 Å². The Morgan fingerprint density at radius 3 is 2.82 bits per heavy atom. The Balaban J connectivity index is 2.96. The third kappa shape index (κ3) is 9.26. The molecular formula is C6H12ClN3O. The summed E-state index contributed by atoms with van der Waals surface area (Å²) in [5.74, 6) is 0. The number of amides is 2. The van der Waals surface area contributed by atoms with E-state index < -0.39 is 6.03 Å². The third-order valence-electron chi connectivity index (χ3n) is 0.952. The summed E-state index contributed by atoms with van der Waals surface area (Å²) in [5, 5.41) is 5.44. The summed E-state index contributed by atoms with van der Waals surface area (Å²) in [6.45, 7) is 1.92. The molecule has 0 unspecified atom stereocenters. The Hall–Kier alpha value is -0.740.